The third-order valence-electron chi connectivity index (χ3n) is 4.36. The molecule has 2 aromatic carbocycles. The highest BCUT2D eigenvalue weighted by Gasteiger charge is 2.19. The SMILES string of the molecule is Cc1oc2ccccc2c1C(=O)c1ccc(OCCC[N+](C)(C)C)cc1.[I-]. The van der Waals surface area contributed by atoms with Crippen molar-refractivity contribution in [3.05, 3.63) is 65.4 Å². The van der Waals surface area contributed by atoms with Crippen molar-refractivity contribution in [2.24, 2.45) is 0 Å². The molecule has 0 aliphatic heterocycles. The highest BCUT2D eigenvalue weighted by Crippen LogP contribution is 2.28. The van der Waals surface area contributed by atoms with Crippen LogP contribution in [0.15, 0.2) is 52.9 Å². The van der Waals surface area contributed by atoms with Crippen molar-refractivity contribution in [1.82, 2.24) is 0 Å². The van der Waals surface area contributed by atoms with Crippen LogP contribution in [-0.4, -0.2) is 44.6 Å². The number of aryl methyl sites for hydroxylation is 1. The lowest BCUT2D eigenvalue weighted by molar-refractivity contribution is -0.870. The quantitative estimate of drug-likeness (QED) is 0.223. The molecular weight excluding hydrogens is 453 g/mol. The highest BCUT2D eigenvalue weighted by molar-refractivity contribution is 6.16. The molecule has 0 fully saturated rings. The minimum atomic E-state index is -0.0240. The lowest BCUT2D eigenvalue weighted by Gasteiger charge is -2.23. The largest absolute Gasteiger partial charge is 1.00 e. The van der Waals surface area contributed by atoms with Gasteiger partial charge < -0.3 is 37.6 Å². The molecule has 0 saturated carbocycles. The van der Waals surface area contributed by atoms with Crippen molar-refractivity contribution in [3.63, 3.8) is 0 Å². The van der Waals surface area contributed by atoms with Crippen LogP contribution in [-0.2, 0) is 0 Å². The number of ether oxygens (including phenoxy) is 1. The van der Waals surface area contributed by atoms with E-state index in [9.17, 15) is 4.79 Å². The number of nitrogens with zero attached hydrogens (tertiary/aromatic N) is 1. The second-order valence-electron chi connectivity index (χ2n) is 7.60. The number of rotatable bonds is 7. The smallest absolute Gasteiger partial charge is 0.197 e. The molecule has 3 aromatic rings. The summed E-state index contributed by atoms with van der Waals surface area (Å²) < 4.78 is 12.4. The van der Waals surface area contributed by atoms with E-state index in [0.717, 1.165) is 34.2 Å². The molecule has 5 heteroatoms. The van der Waals surface area contributed by atoms with Gasteiger partial charge in [-0.2, -0.15) is 0 Å². The fraction of sp³-hybridized carbons (Fsp3) is 0.318. The number of hydrogen-bond donors (Lipinski definition) is 0. The van der Waals surface area contributed by atoms with Gasteiger partial charge in [0.05, 0.1) is 39.9 Å². The van der Waals surface area contributed by atoms with Crippen LogP contribution in [0.3, 0.4) is 0 Å². The van der Waals surface area contributed by atoms with Crippen LogP contribution >= 0.6 is 0 Å². The second-order valence-corrected chi connectivity index (χ2v) is 7.60. The topological polar surface area (TPSA) is 39.4 Å². The van der Waals surface area contributed by atoms with Crippen LogP contribution in [0.5, 0.6) is 5.75 Å². The Morgan fingerprint density at radius 1 is 1.04 bits per heavy atom. The Balaban J connectivity index is 0.00000261. The first kappa shape index (κ1) is 21.4. The Bertz CT molecular complexity index is 907. The van der Waals surface area contributed by atoms with Crippen molar-refractivity contribution in [2.45, 2.75) is 13.3 Å². The Kier molecular flexibility index (Phi) is 7.06. The summed E-state index contributed by atoms with van der Waals surface area (Å²) in [4.78, 5) is 12.9. The van der Waals surface area contributed by atoms with E-state index in [-0.39, 0.29) is 29.8 Å². The van der Waals surface area contributed by atoms with Crippen molar-refractivity contribution in [2.75, 3.05) is 34.3 Å². The Morgan fingerprint density at radius 3 is 2.37 bits per heavy atom. The predicted octanol–water partition coefficient (Wildman–Crippen LogP) is 1.45. The molecule has 0 aliphatic carbocycles. The first-order valence-electron chi connectivity index (χ1n) is 8.91. The molecule has 3 rings (SSSR count). The first-order chi connectivity index (χ1) is 12.3. The van der Waals surface area contributed by atoms with Crippen molar-refractivity contribution < 1.29 is 42.4 Å². The van der Waals surface area contributed by atoms with Gasteiger partial charge in [-0.1, -0.05) is 18.2 Å². The number of benzene rings is 2. The molecule has 0 radical (unpaired) electrons. The zero-order valence-corrected chi connectivity index (χ0v) is 18.4. The van der Waals surface area contributed by atoms with Crippen LogP contribution in [0.2, 0.25) is 0 Å². The highest BCUT2D eigenvalue weighted by atomic mass is 127. The molecule has 0 atom stereocenters. The van der Waals surface area contributed by atoms with Crippen molar-refractivity contribution in [1.29, 1.82) is 0 Å². The number of fused-ring (bicyclic) bond motifs is 1. The van der Waals surface area contributed by atoms with Gasteiger partial charge in [-0.3, -0.25) is 4.79 Å². The Hall–Kier alpha value is -1.86. The Morgan fingerprint density at radius 2 is 1.70 bits per heavy atom. The molecule has 0 unspecified atom stereocenters. The van der Waals surface area contributed by atoms with Gasteiger partial charge in [0.25, 0.3) is 0 Å². The third-order valence-corrected chi connectivity index (χ3v) is 4.36. The summed E-state index contributed by atoms with van der Waals surface area (Å²) in [5, 5.41) is 0.857. The lowest BCUT2D eigenvalue weighted by Crippen LogP contribution is -3.00. The molecule has 1 heterocycles. The second kappa shape index (κ2) is 8.89. The predicted molar refractivity (Wildman–Crippen MR) is 104 cm³/mol. The summed E-state index contributed by atoms with van der Waals surface area (Å²) in [5.41, 5.74) is 2.01. The number of halogens is 1. The van der Waals surface area contributed by atoms with Gasteiger partial charge in [-0.25, -0.2) is 0 Å². The first-order valence-corrected chi connectivity index (χ1v) is 8.91. The van der Waals surface area contributed by atoms with Gasteiger partial charge >= 0.3 is 0 Å². The van der Waals surface area contributed by atoms with E-state index in [2.05, 4.69) is 21.1 Å². The summed E-state index contributed by atoms with van der Waals surface area (Å²) >= 11 is 0. The number of carbonyl (C=O) groups is 1. The summed E-state index contributed by atoms with van der Waals surface area (Å²) in [7, 11) is 6.51. The molecular formula is C22H26INO3. The normalized spacial score (nSPS) is 11.3. The zero-order chi connectivity index (χ0) is 18.7. The van der Waals surface area contributed by atoms with Crippen molar-refractivity contribution >= 4 is 16.8 Å². The molecule has 0 bridgehead atoms. The zero-order valence-electron chi connectivity index (χ0n) is 16.3. The maximum absolute atomic E-state index is 12.9. The van der Waals surface area contributed by atoms with E-state index in [1.165, 1.54) is 0 Å². The van der Waals surface area contributed by atoms with E-state index in [0.29, 0.717) is 23.5 Å². The Labute approximate surface area is 177 Å². The van der Waals surface area contributed by atoms with Gasteiger partial charge in [0.15, 0.2) is 5.78 Å². The maximum Gasteiger partial charge on any atom is 0.197 e. The van der Waals surface area contributed by atoms with E-state index >= 15 is 0 Å². The van der Waals surface area contributed by atoms with Gasteiger partial charge in [0.2, 0.25) is 0 Å². The van der Waals surface area contributed by atoms with Gasteiger partial charge in [-0.15, -0.1) is 0 Å². The third kappa shape index (κ3) is 5.32. The fourth-order valence-corrected chi connectivity index (χ4v) is 3.03. The summed E-state index contributed by atoms with van der Waals surface area (Å²) in [6.07, 6.45) is 0.990. The van der Waals surface area contributed by atoms with Crippen LogP contribution in [0.4, 0.5) is 0 Å². The van der Waals surface area contributed by atoms with Crippen LogP contribution in [0.1, 0.15) is 28.1 Å². The molecule has 4 nitrogen and oxygen atoms in total. The number of carbonyl (C=O) groups excluding carboxylic acids is 1. The average molecular weight is 479 g/mol. The minimum Gasteiger partial charge on any atom is -1.00 e. The van der Waals surface area contributed by atoms with E-state index < -0.39 is 0 Å². The number of furan rings is 1. The molecule has 27 heavy (non-hydrogen) atoms. The lowest BCUT2D eigenvalue weighted by atomic mass is 10.0. The van der Waals surface area contributed by atoms with Crippen molar-refractivity contribution in [3.8, 4) is 5.75 Å². The molecule has 144 valence electrons. The van der Waals surface area contributed by atoms with E-state index in [1.54, 1.807) is 0 Å². The van der Waals surface area contributed by atoms with E-state index in [4.69, 9.17) is 9.15 Å². The minimum absolute atomic E-state index is 0. The van der Waals surface area contributed by atoms with Gasteiger partial charge in [0.1, 0.15) is 17.1 Å². The van der Waals surface area contributed by atoms with E-state index in [1.807, 2.05) is 55.5 Å². The number of ketones is 1. The van der Waals surface area contributed by atoms with Crippen LogP contribution in [0.25, 0.3) is 11.0 Å². The molecule has 1 aromatic heterocycles. The summed E-state index contributed by atoms with van der Waals surface area (Å²) in [6.45, 7) is 3.57. The maximum atomic E-state index is 12.9. The fourth-order valence-electron chi connectivity index (χ4n) is 3.03. The average Bonchev–Trinajstić information content (AvgIpc) is 2.93. The molecule has 0 saturated heterocycles. The summed E-state index contributed by atoms with van der Waals surface area (Å²) in [6, 6.07) is 15.0. The van der Waals surface area contributed by atoms with Crippen LogP contribution in [0, 0.1) is 6.92 Å². The molecule has 0 amide bonds. The number of para-hydroxylation sites is 1. The monoisotopic (exact) mass is 479 g/mol. The van der Waals surface area contributed by atoms with Gasteiger partial charge in [0, 0.05) is 17.4 Å². The molecule has 0 N–H and O–H groups in total. The van der Waals surface area contributed by atoms with Crippen LogP contribution < -0.4 is 28.7 Å². The summed E-state index contributed by atoms with van der Waals surface area (Å²) in [5.74, 6) is 1.41. The number of quaternary nitrogens is 1. The number of hydrogen-bond acceptors (Lipinski definition) is 3. The van der Waals surface area contributed by atoms with Gasteiger partial charge in [-0.05, 0) is 37.3 Å². The standard InChI is InChI=1S/C22H26NO3.HI/c1-16-21(19-8-5-6-9-20(19)26-16)22(24)17-10-12-18(13-11-17)25-15-7-14-23(2,3)4;/h5-6,8-13H,7,14-15H2,1-4H3;1H/q+1;/p-1. The molecule has 0 aliphatic rings. The molecule has 0 spiro atoms.